The molecule has 0 atom stereocenters. The van der Waals surface area contributed by atoms with E-state index < -0.39 is 0 Å². The first-order valence-corrected chi connectivity index (χ1v) is 7.43. The van der Waals surface area contributed by atoms with Crippen LogP contribution in [0.2, 0.25) is 0 Å². The van der Waals surface area contributed by atoms with Gasteiger partial charge in [0.15, 0.2) is 5.65 Å². The van der Waals surface area contributed by atoms with Gasteiger partial charge < -0.3 is 5.73 Å². The molecule has 0 aliphatic heterocycles. The lowest BCUT2D eigenvalue weighted by atomic mass is 9.77. The minimum atomic E-state index is 0.0515. The van der Waals surface area contributed by atoms with Crippen LogP contribution in [0.1, 0.15) is 37.8 Å². The monoisotopic (exact) mass is 282 g/mol. The summed E-state index contributed by atoms with van der Waals surface area (Å²) in [5, 5.41) is 8.16. The topological polar surface area (TPSA) is 67.6 Å². The second kappa shape index (κ2) is 5.11. The second-order valence-electron chi connectivity index (χ2n) is 6.40. The number of nitrogens with two attached hydrogens (primary N) is 1. The van der Waals surface area contributed by atoms with Crippen LogP contribution in [0.25, 0.3) is 16.6 Å². The van der Waals surface area contributed by atoms with Crippen molar-refractivity contribution in [2.45, 2.75) is 33.6 Å². The number of rotatable bonds is 3. The summed E-state index contributed by atoms with van der Waals surface area (Å²) in [6.07, 6.45) is 10.5. The van der Waals surface area contributed by atoms with Gasteiger partial charge in [-0.2, -0.15) is 5.10 Å². The molecule has 4 nitrogen and oxygen atoms in total. The van der Waals surface area contributed by atoms with Crippen molar-refractivity contribution in [3.63, 3.8) is 0 Å². The molecule has 2 aromatic rings. The third-order valence-corrected chi connectivity index (χ3v) is 4.45. The molecule has 2 aromatic heterocycles. The molecule has 1 aliphatic rings. The van der Waals surface area contributed by atoms with Crippen LogP contribution in [0.3, 0.4) is 0 Å². The fourth-order valence-corrected chi connectivity index (χ4v) is 2.92. The van der Waals surface area contributed by atoms with E-state index in [1.165, 1.54) is 22.3 Å². The summed E-state index contributed by atoms with van der Waals surface area (Å²) in [7, 11) is 0. The standard InChI is InChI=1S/C17H22N4/c1-11-8-19-16-14(9-20-21-16)15(11)12-5-4-6-13(7-12)17(2,3)10-18/h5,7-9H,4,6,10,18H2,1-3H3,(H,19,20,21). The van der Waals surface area contributed by atoms with E-state index in [9.17, 15) is 0 Å². The Morgan fingerprint density at radius 3 is 2.90 bits per heavy atom. The number of aryl methyl sites for hydroxylation is 1. The number of nitrogens with zero attached hydrogens (tertiary/aromatic N) is 2. The average molecular weight is 282 g/mol. The van der Waals surface area contributed by atoms with Crippen LogP contribution in [0.15, 0.2) is 30.1 Å². The number of aromatic amines is 1. The molecule has 0 amide bonds. The van der Waals surface area contributed by atoms with Gasteiger partial charge in [0.05, 0.1) is 6.20 Å². The number of allylic oxidation sites excluding steroid dienone is 3. The maximum Gasteiger partial charge on any atom is 0.155 e. The van der Waals surface area contributed by atoms with E-state index in [-0.39, 0.29) is 5.41 Å². The van der Waals surface area contributed by atoms with E-state index in [1.807, 2.05) is 12.4 Å². The molecule has 21 heavy (non-hydrogen) atoms. The van der Waals surface area contributed by atoms with Crippen LogP contribution in [-0.4, -0.2) is 21.7 Å². The van der Waals surface area contributed by atoms with E-state index in [0.29, 0.717) is 6.54 Å². The Hall–Kier alpha value is -1.94. The average Bonchev–Trinajstić information content (AvgIpc) is 2.95. The molecule has 1 aliphatic carbocycles. The zero-order valence-electron chi connectivity index (χ0n) is 12.9. The molecule has 0 saturated heterocycles. The van der Waals surface area contributed by atoms with Crippen molar-refractivity contribution in [3.8, 4) is 0 Å². The van der Waals surface area contributed by atoms with Gasteiger partial charge in [-0.05, 0) is 41.9 Å². The number of pyridine rings is 1. The fraction of sp³-hybridized carbons (Fsp3) is 0.412. The maximum atomic E-state index is 5.94. The predicted molar refractivity (Wildman–Crippen MR) is 86.8 cm³/mol. The highest BCUT2D eigenvalue weighted by Crippen LogP contribution is 2.37. The lowest BCUT2D eigenvalue weighted by Crippen LogP contribution is -2.26. The van der Waals surface area contributed by atoms with E-state index in [1.54, 1.807) is 0 Å². The Kier molecular flexibility index (Phi) is 3.41. The Balaban J connectivity index is 2.13. The Bertz CT molecular complexity index is 734. The predicted octanol–water partition coefficient (Wildman–Crippen LogP) is 3.35. The molecule has 0 aromatic carbocycles. The van der Waals surface area contributed by atoms with Crippen LogP contribution in [0.5, 0.6) is 0 Å². The summed E-state index contributed by atoms with van der Waals surface area (Å²) in [5.41, 5.74) is 11.9. The second-order valence-corrected chi connectivity index (χ2v) is 6.40. The largest absolute Gasteiger partial charge is 0.330 e. The van der Waals surface area contributed by atoms with E-state index >= 15 is 0 Å². The van der Waals surface area contributed by atoms with E-state index in [4.69, 9.17) is 5.73 Å². The molecular weight excluding hydrogens is 260 g/mol. The highest BCUT2D eigenvalue weighted by atomic mass is 15.1. The Morgan fingerprint density at radius 2 is 2.14 bits per heavy atom. The van der Waals surface area contributed by atoms with Crippen molar-refractivity contribution in [1.82, 2.24) is 15.2 Å². The molecule has 0 saturated carbocycles. The van der Waals surface area contributed by atoms with Crippen molar-refractivity contribution >= 4 is 16.6 Å². The van der Waals surface area contributed by atoms with Crippen molar-refractivity contribution in [2.24, 2.45) is 11.1 Å². The number of nitrogens with one attached hydrogen (secondary N) is 1. The molecule has 0 bridgehead atoms. The molecule has 0 radical (unpaired) electrons. The summed E-state index contributed by atoms with van der Waals surface area (Å²) >= 11 is 0. The number of fused-ring (bicyclic) bond motifs is 1. The number of aromatic nitrogens is 3. The molecule has 2 heterocycles. The molecule has 3 rings (SSSR count). The number of H-pyrrole nitrogens is 1. The lowest BCUT2D eigenvalue weighted by molar-refractivity contribution is 0.443. The first-order chi connectivity index (χ1) is 10.0. The van der Waals surface area contributed by atoms with Gasteiger partial charge in [0.2, 0.25) is 0 Å². The number of hydrogen-bond donors (Lipinski definition) is 2. The van der Waals surface area contributed by atoms with Gasteiger partial charge in [-0.15, -0.1) is 0 Å². The van der Waals surface area contributed by atoms with Crippen LogP contribution in [-0.2, 0) is 0 Å². The van der Waals surface area contributed by atoms with Gasteiger partial charge in [-0.25, -0.2) is 4.98 Å². The number of hydrogen-bond acceptors (Lipinski definition) is 3. The molecule has 0 fully saturated rings. The summed E-state index contributed by atoms with van der Waals surface area (Å²) in [4.78, 5) is 4.39. The first-order valence-electron chi connectivity index (χ1n) is 7.43. The van der Waals surface area contributed by atoms with Crippen molar-refractivity contribution in [3.05, 3.63) is 41.2 Å². The van der Waals surface area contributed by atoms with Crippen molar-refractivity contribution < 1.29 is 0 Å². The van der Waals surface area contributed by atoms with Gasteiger partial charge in [0.25, 0.3) is 0 Å². The van der Waals surface area contributed by atoms with Crippen LogP contribution in [0.4, 0.5) is 0 Å². The summed E-state index contributed by atoms with van der Waals surface area (Å²) in [6.45, 7) is 7.21. The molecule has 110 valence electrons. The van der Waals surface area contributed by atoms with Gasteiger partial charge >= 0.3 is 0 Å². The first kappa shape index (κ1) is 14.0. The normalized spacial score (nSPS) is 16.0. The van der Waals surface area contributed by atoms with Gasteiger partial charge in [-0.3, -0.25) is 5.10 Å². The van der Waals surface area contributed by atoms with Gasteiger partial charge in [-0.1, -0.05) is 31.6 Å². The fourth-order valence-electron chi connectivity index (χ4n) is 2.92. The quantitative estimate of drug-likeness (QED) is 0.907. The zero-order chi connectivity index (χ0) is 15.0. The van der Waals surface area contributed by atoms with E-state index in [0.717, 1.165) is 23.9 Å². The third kappa shape index (κ3) is 2.40. The minimum absolute atomic E-state index is 0.0515. The molecule has 3 N–H and O–H groups in total. The van der Waals surface area contributed by atoms with Crippen molar-refractivity contribution in [2.75, 3.05) is 6.54 Å². The highest BCUT2D eigenvalue weighted by molar-refractivity contribution is 5.94. The lowest BCUT2D eigenvalue weighted by Gasteiger charge is -2.29. The highest BCUT2D eigenvalue weighted by Gasteiger charge is 2.24. The van der Waals surface area contributed by atoms with E-state index in [2.05, 4.69) is 48.1 Å². The Morgan fingerprint density at radius 1 is 1.33 bits per heavy atom. The van der Waals surface area contributed by atoms with Crippen LogP contribution >= 0.6 is 0 Å². The summed E-state index contributed by atoms with van der Waals surface area (Å²) in [6, 6.07) is 0. The smallest absolute Gasteiger partial charge is 0.155 e. The summed E-state index contributed by atoms with van der Waals surface area (Å²) < 4.78 is 0. The maximum absolute atomic E-state index is 5.94. The summed E-state index contributed by atoms with van der Waals surface area (Å²) in [5.74, 6) is 0. The Labute approximate surface area is 125 Å². The minimum Gasteiger partial charge on any atom is -0.330 e. The molecular formula is C17H22N4. The molecule has 4 heteroatoms. The molecule has 0 unspecified atom stereocenters. The SMILES string of the molecule is Cc1cnc2[nH]ncc2c1C1=CCCC(C(C)(C)CN)=C1. The van der Waals surface area contributed by atoms with Crippen LogP contribution in [0, 0.1) is 12.3 Å². The van der Waals surface area contributed by atoms with Crippen LogP contribution < -0.4 is 5.73 Å². The van der Waals surface area contributed by atoms with Gasteiger partial charge in [0.1, 0.15) is 0 Å². The third-order valence-electron chi connectivity index (χ3n) is 4.45. The van der Waals surface area contributed by atoms with Gasteiger partial charge in [0, 0.05) is 18.1 Å². The zero-order valence-corrected chi connectivity index (χ0v) is 12.9. The molecule has 0 spiro atoms. The van der Waals surface area contributed by atoms with Crippen molar-refractivity contribution in [1.29, 1.82) is 0 Å².